The fourth-order valence-corrected chi connectivity index (χ4v) is 3.63. The highest BCUT2D eigenvalue weighted by atomic mass is 35.5. The minimum atomic E-state index is -1.14. The van der Waals surface area contributed by atoms with Crippen molar-refractivity contribution in [3.63, 3.8) is 0 Å². The van der Waals surface area contributed by atoms with Crippen LogP contribution in [0.4, 0.5) is 0 Å². The van der Waals surface area contributed by atoms with Crippen LogP contribution in [0.1, 0.15) is 32.3 Å². The molecule has 1 aliphatic rings. The Hall–Kier alpha value is -1.15. The van der Waals surface area contributed by atoms with Gasteiger partial charge in [0.2, 0.25) is 0 Å². The van der Waals surface area contributed by atoms with E-state index in [4.69, 9.17) is 23.2 Å². The molecular formula is C15H17Cl2N5OS. The Kier molecular flexibility index (Phi) is 4.63. The van der Waals surface area contributed by atoms with E-state index in [1.54, 1.807) is 10.8 Å². The number of aromatic nitrogens is 5. The number of nitrogens with zero attached hydrogens (tertiary/aromatic N) is 5. The van der Waals surface area contributed by atoms with Crippen molar-refractivity contribution in [2.45, 2.75) is 44.0 Å². The van der Waals surface area contributed by atoms with Gasteiger partial charge in [0.1, 0.15) is 28.6 Å². The lowest BCUT2D eigenvalue weighted by Crippen LogP contribution is -2.45. The predicted octanol–water partition coefficient (Wildman–Crippen LogP) is 3.30. The van der Waals surface area contributed by atoms with Crippen molar-refractivity contribution in [3.05, 3.63) is 34.1 Å². The molecule has 0 aliphatic heterocycles. The molecule has 0 aromatic carbocycles. The minimum absolute atomic E-state index is 0.244. The summed E-state index contributed by atoms with van der Waals surface area (Å²) in [5.41, 5.74) is -0.175. The van der Waals surface area contributed by atoms with E-state index in [2.05, 4.69) is 32.7 Å². The maximum atomic E-state index is 11.5. The highest BCUT2D eigenvalue weighted by Crippen LogP contribution is 2.51. The Morgan fingerprint density at radius 2 is 1.92 bits per heavy atom. The Bertz CT molecular complexity index is 787. The van der Waals surface area contributed by atoms with Crippen molar-refractivity contribution >= 4 is 41.9 Å². The molecule has 1 saturated carbocycles. The van der Waals surface area contributed by atoms with E-state index in [1.165, 1.54) is 12.7 Å². The first-order valence-corrected chi connectivity index (χ1v) is 8.61. The first-order chi connectivity index (χ1) is 11.2. The molecule has 0 amide bonds. The summed E-state index contributed by atoms with van der Waals surface area (Å²) in [6, 6.07) is 0. The van der Waals surface area contributed by atoms with E-state index in [0.717, 1.165) is 12.0 Å². The summed E-state index contributed by atoms with van der Waals surface area (Å²) in [7, 11) is 0. The summed E-state index contributed by atoms with van der Waals surface area (Å²) >= 11 is 16.6. The average Bonchev–Trinajstić information content (AvgIpc) is 2.99. The summed E-state index contributed by atoms with van der Waals surface area (Å²) in [4.78, 5) is 11.9. The molecule has 0 radical (unpaired) electrons. The lowest BCUT2D eigenvalue weighted by atomic mass is 9.76. The van der Waals surface area contributed by atoms with Crippen LogP contribution in [0.5, 0.6) is 0 Å². The van der Waals surface area contributed by atoms with Crippen LogP contribution in [0.25, 0.3) is 6.08 Å². The summed E-state index contributed by atoms with van der Waals surface area (Å²) < 4.78 is 1.58. The summed E-state index contributed by atoms with van der Waals surface area (Å²) in [5.74, 6) is 0. The van der Waals surface area contributed by atoms with Gasteiger partial charge in [0.25, 0.3) is 0 Å². The first kappa shape index (κ1) is 17.7. The van der Waals surface area contributed by atoms with Crippen LogP contribution < -0.4 is 0 Å². The van der Waals surface area contributed by atoms with Crippen molar-refractivity contribution in [1.29, 1.82) is 0 Å². The quantitative estimate of drug-likeness (QED) is 0.625. The van der Waals surface area contributed by atoms with Gasteiger partial charge >= 0.3 is 0 Å². The fourth-order valence-electron chi connectivity index (χ4n) is 3.04. The monoisotopic (exact) mass is 385 g/mol. The number of hydrogen-bond donors (Lipinski definition) is 2. The van der Waals surface area contributed by atoms with Crippen LogP contribution in [-0.4, -0.2) is 35.4 Å². The molecular weight excluding hydrogens is 369 g/mol. The highest BCUT2D eigenvalue weighted by molar-refractivity contribution is 7.80. The molecule has 1 N–H and O–H groups in total. The van der Waals surface area contributed by atoms with Crippen molar-refractivity contribution in [3.8, 4) is 0 Å². The van der Waals surface area contributed by atoms with Gasteiger partial charge in [-0.3, -0.25) is 0 Å². The Labute approximate surface area is 155 Å². The topological polar surface area (TPSA) is 76.7 Å². The van der Waals surface area contributed by atoms with Crippen LogP contribution in [0, 0.1) is 5.41 Å². The second kappa shape index (κ2) is 6.29. The number of rotatable bonds is 3. The van der Waals surface area contributed by atoms with Crippen molar-refractivity contribution in [1.82, 2.24) is 24.7 Å². The number of thiol groups is 1. The third kappa shape index (κ3) is 2.94. The molecule has 9 heteroatoms. The van der Waals surface area contributed by atoms with Gasteiger partial charge < -0.3 is 5.11 Å². The van der Waals surface area contributed by atoms with Gasteiger partial charge in [0.15, 0.2) is 5.16 Å². The predicted molar refractivity (Wildman–Crippen MR) is 95.3 cm³/mol. The van der Waals surface area contributed by atoms with Crippen molar-refractivity contribution < 1.29 is 5.11 Å². The zero-order chi connectivity index (χ0) is 17.5. The molecule has 0 saturated heterocycles. The van der Waals surface area contributed by atoms with E-state index < -0.39 is 5.60 Å². The van der Waals surface area contributed by atoms with Gasteiger partial charge in [-0.25, -0.2) is 19.6 Å². The molecule has 1 aliphatic carbocycles. The average molecular weight is 386 g/mol. The summed E-state index contributed by atoms with van der Waals surface area (Å²) in [5, 5.41) is 16.6. The Morgan fingerprint density at radius 1 is 1.25 bits per heavy atom. The van der Waals surface area contributed by atoms with Gasteiger partial charge in [0, 0.05) is 5.56 Å². The Balaban J connectivity index is 2.06. The molecule has 128 valence electrons. The van der Waals surface area contributed by atoms with Crippen LogP contribution in [-0.2, 0) is 6.54 Å². The second-order valence-electron chi connectivity index (χ2n) is 6.50. The second-order valence-corrected chi connectivity index (χ2v) is 7.62. The van der Waals surface area contributed by atoms with Gasteiger partial charge in [-0.2, -0.15) is 5.10 Å². The number of aliphatic hydroxyl groups is 1. The molecule has 2 heterocycles. The molecule has 1 atom stereocenters. The molecule has 2 aromatic rings. The SMILES string of the molecule is CC1(C)CC/C(=C\c2c(Cl)ncnc2Cl)C1(O)Cn1ncnc1S. The zero-order valence-corrected chi connectivity index (χ0v) is 15.6. The minimum Gasteiger partial charge on any atom is -0.383 e. The van der Waals surface area contributed by atoms with Gasteiger partial charge in [0.05, 0.1) is 6.54 Å². The Morgan fingerprint density at radius 3 is 2.50 bits per heavy atom. The highest BCUT2D eigenvalue weighted by Gasteiger charge is 2.51. The summed E-state index contributed by atoms with van der Waals surface area (Å²) in [6.07, 6.45) is 6.03. The van der Waals surface area contributed by atoms with Crippen LogP contribution >= 0.6 is 35.8 Å². The smallest absolute Gasteiger partial charge is 0.183 e. The zero-order valence-electron chi connectivity index (χ0n) is 13.2. The van der Waals surface area contributed by atoms with Gasteiger partial charge in [-0.05, 0) is 29.9 Å². The third-order valence-electron chi connectivity index (χ3n) is 4.75. The molecule has 1 unspecified atom stereocenters. The maximum absolute atomic E-state index is 11.5. The molecule has 24 heavy (non-hydrogen) atoms. The van der Waals surface area contributed by atoms with Gasteiger partial charge in [-0.1, -0.05) is 37.0 Å². The third-order valence-corrected chi connectivity index (χ3v) is 5.70. The molecule has 1 fully saturated rings. The van der Waals surface area contributed by atoms with E-state index in [1.807, 2.05) is 13.8 Å². The number of hydrogen-bond acceptors (Lipinski definition) is 6. The lowest BCUT2D eigenvalue weighted by Gasteiger charge is -2.37. The van der Waals surface area contributed by atoms with Crippen LogP contribution in [0.15, 0.2) is 23.4 Å². The summed E-state index contributed by atoms with van der Waals surface area (Å²) in [6.45, 7) is 4.29. The van der Waals surface area contributed by atoms with E-state index in [-0.39, 0.29) is 22.3 Å². The normalized spacial score (nSPS) is 24.7. The van der Waals surface area contributed by atoms with E-state index in [0.29, 0.717) is 17.1 Å². The largest absolute Gasteiger partial charge is 0.383 e. The van der Waals surface area contributed by atoms with Crippen molar-refractivity contribution in [2.24, 2.45) is 5.41 Å². The van der Waals surface area contributed by atoms with E-state index >= 15 is 0 Å². The molecule has 2 aromatic heterocycles. The van der Waals surface area contributed by atoms with Crippen LogP contribution in [0.3, 0.4) is 0 Å². The van der Waals surface area contributed by atoms with Gasteiger partial charge in [-0.15, -0.1) is 12.6 Å². The fraction of sp³-hybridized carbons (Fsp3) is 0.467. The molecule has 3 rings (SSSR count). The first-order valence-electron chi connectivity index (χ1n) is 7.41. The molecule has 0 bridgehead atoms. The lowest BCUT2D eigenvalue weighted by molar-refractivity contribution is -0.0317. The maximum Gasteiger partial charge on any atom is 0.183 e. The van der Waals surface area contributed by atoms with Crippen LogP contribution in [0.2, 0.25) is 10.3 Å². The standard InChI is InChI=1S/C15H17Cl2N5OS/c1-14(2)4-3-9(5-10-11(16)18-7-19-12(10)17)15(14,23)6-22-13(24)20-8-21-22/h5,7-8,23H,3-4,6H2,1-2H3,(H,20,21,24)/b9-5+. The van der Waals surface area contributed by atoms with Crippen molar-refractivity contribution in [2.75, 3.05) is 0 Å². The molecule has 0 spiro atoms. The number of halogens is 2. The van der Waals surface area contributed by atoms with E-state index in [9.17, 15) is 5.11 Å². The molecule has 6 nitrogen and oxygen atoms in total.